The van der Waals surface area contributed by atoms with Crippen LogP contribution in [0.15, 0.2) is 15.9 Å². The number of halogens is 1. The lowest BCUT2D eigenvalue weighted by molar-refractivity contribution is 1.16. The Kier molecular flexibility index (Phi) is 2.13. The van der Waals surface area contributed by atoms with E-state index in [0.29, 0.717) is 0 Å². The second kappa shape index (κ2) is 2.71. The van der Waals surface area contributed by atoms with Gasteiger partial charge in [-0.15, -0.1) is 11.3 Å². The smallest absolute Gasteiger partial charge is 0.0915 e. The van der Waals surface area contributed by atoms with Crippen molar-refractivity contribution in [3.63, 3.8) is 0 Å². The third-order valence-corrected chi connectivity index (χ3v) is 2.79. The van der Waals surface area contributed by atoms with Crippen molar-refractivity contribution in [3.8, 4) is 0 Å². The van der Waals surface area contributed by atoms with E-state index >= 15 is 0 Å². The Morgan fingerprint density at radius 1 is 1.44 bits per heavy atom. The standard InChI is InChI=1S/C6H8BrNS/c1-8(2)6-4-3-5(7)9-6/h3-4H,1-2H3. The molecule has 1 rings (SSSR count). The maximum Gasteiger partial charge on any atom is 0.0915 e. The molecule has 0 amide bonds. The SMILES string of the molecule is CN(C)c1ccc(Br)s1. The molecule has 0 unspecified atom stereocenters. The summed E-state index contributed by atoms with van der Waals surface area (Å²) in [6.45, 7) is 0. The Hall–Kier alpha value is -0.0200. The molecule has 0 aliphatic carbocycles. The van der Waals surface area contributed by atoms with Crippen LogP contribution in [0.3, 0.4) is 0 Å². The molecule has 0 aromatic carbocycles. The van der Waals surface area contributed by atoms with Crippen molar-refractivity contribution >= 4 is 32.3 Å². The van der Waals surface area contributed by atoms with Crippen LogP contribution in [0.1, 0.15) is 0 Å². The highest BCUT2D eigenvalue weighted by Gasteiger charge is 1.96. The molecule has 9 heavy (non-hydrogen) atoms. The van der Waals surface area contributed by atoms with Gasteiger partial charge in [-0.2, -0.15) is 0 Å². The predicted octanol–water partition coefficient (Wildman–Crippen LogP) is 2.58. The molecule has 1 nitrogen and oxygen atoms in total. The Morgan fingerprint density at radius 3 is 2.33 bits per heavy atom. The molecule has 0 aliphatic rings. The average Bonchev–Trinajstić information content (AvgIpc) is 2.14. The molecular weight excluding hydrogens is 198 g/mol. The van der Waals surface area contributed by atoms with Crippen LogP contribution in [0.5, 0.6) is 0 Å². The molecule has 0 radical (unpaired) electrons. The van der Waals surface area contributed by atoms with Gasteiger partial charge in [0.05, 0.1) is 8.79 Å². The Balaban J connectivity index is 2.85. The summed E-state index contributed by atoms with van der Waals surface area (Å²) in [5.41, 5.74) is 0. The molecule has 50 valence electrons. The fourth-order valence-electron chi connectivity index (χ4n) is 0.545. The van der Waals surface area contributed by atoms with Gasteiger partial charge in [0.1, 0.15) is 0 Å². The zero-order valence-corrected chi connectivity index (χ0v) is 7.79. The van der Waals surface area contributed by atoms with Crippen molar-refractivity contribution in [1.82, 2.24) is 0 Å². The number of nitrogens with zero attached hydrogens (tertiary/aromatic N) is 1. The summed E-state index contributed by atoms with van der Waals surface area (Å²) >= 11 is 5.13. The minimum atomic E-state index is 1.19. The summed E-state index contributed by atoms with van der Waals surface area (Å²) in [6.07, 6.45) is 0. The lowest BCUT2D eigenvalue weighted by Crippen LogP contribution is -2.05. The monoisotopic (exact) mass is 205 g/mol. The van der Waals surface area contributed by atoms with Crippen molar-refractivity contribution in [3.05, 3.63) is 15.9 Å². The fraction of sp³-hybridized carbons (Fsp3) is 0.333. The van der Waals surface area contributed by atoms with Crippen molar-refractivity contribution in [2.24, 2.45) is 0 Å². The van der Waals surface area contributed by atoms with E-state index in [1.165, 1.54) is 8.79 Å². The first-order chi connectivity index (χ1) is 4.20. The minimum absolute atomic E-state index is 1.19. The second-order valence-corrected chi connectivity index (χ2v) is 4.41. The molecule has 3 heteroatoms. The summed E-state index contributed by atoms with van der Waals surface area (Å²) in [5, 5.41) is 1.28. The van der Waals surface area contributed by atoms with Gasteiger partial charge >= 0.3 is 0 Å². The Bertz CT molecular complexity index is 195. The molecule has 0 fully saturated rings. The third kappa shape index (κ3) is 1.69. The van der Waals surface area contributed by atoms with E-state index in [-0.39, 0.29) is 0 Å². The molecule has 1 heterocycles. The highest BCUT2D eigenvalue weighted by molar-refractivity contribution is 9.11. The largest absolute Gasteiger partial charge is 0.370 e. The van der Waals surface area contributed by atoms with Crippen LogP contribution in [0.4, 0.5) is 5.00 Å². The zero-order valence-electron chi connectivity index (χ0n) is 5.39. The summed E-state index contributed by atoms with van der Waals surface area (Å²) in [4.78, 5) is 2.09. The normalized spacial score (nSPS) is 9.67. The maximum absolute atomic E-state index is 3.39. The molecule has 0 aliphatic heterocycles. The fourth-order valence-corrected chi connectivity index (χ4v) is 1.83. The van der Waals surface area contributed by atoms with E-state index in [4.69, 9.17) is 0 Å². The summed E-state index contributed by atoms with van der Waals surface area (Å²) in [6, 6.07) is 4.15. The molecule has 0 atom stereocenters. The molecular formula is C6H8BrNS. The first-order valence-electron chi connectivity index (χ1n) is 2.63. The molecule has 0 saturated heterocycles. The van der Waals surface area contributed by atoms with Gasteiger partial charge in [0, 0.05) is 14.1 Å². The van der Waals surface area contributed by atoms with Gasteiger partial charge < -0.3 is 4.90 Å². The molecule has 0 saturated carbocycles. The van der Waals surface area contributed by atoms with Crippen LogP contribution in [0.25, 0.3) is 0 Å². The minimum Gasteiger partial charge on any atom is -0.370 e. The van der Waals surface area contributed by atoms with Gasteiger partial charge in [-0.05, 0) is 28.1 Å². The van der Waals surface area contributed by atoms with Gasteiger partial charge in [-0.25, -0.2) is 0 Å². The number of hydrogen-bond acceptors (Lipinski definition) is 2. The maximum atomic E-state index is 3.39. The third-order valence-electron chi connectivity index (χ3n) is 1.000. The zero-order chi connectivity index (χ0) is 6.85. The second-order valence-electron chi connectivity index (χ2n) is 1.97. The van der Waals surface area contributed by atoms with E-state index in [1.54, 1.807) is 11.3 Å². The topological polar surface area (TPSA) is 3.24 Å². The van der Waals surface area contributed by atoms with Gasteiger partial charge in [0.25, 0.3) is 0 Å². The lowest BCUT2D eigenvalue weighted by atomic mass is 10.6. The van der Waals surface area contributed by atoms with Crippen LogP contribution in [0, 0.1) is 0 Å². The molecule has 1 aromatic heterocycles. The lowest BCUT2D eigenvalue weighted by Gasteiger charge is -2.06. The average molecular weight is 206 g/mol. The first kappa shape index (κ1) is 7.09. The summed E-state index contributed by atoms with van der Waals surface area (Å²) in [5.74, 6) is 0. The van der Waals surface area contributed by atoms with Crippen molar-refractivity contribution in [2.45, 2.75) is 0 Å². The van der Waals surface area contributed by atoms with Crippen molar-refractivity contribution in [1.29, 1.82) is 0 Å². The molecule has 0 N–H and O–H groups in total. The van der Waals surface area contributed by atoms with E-state index in [9.17, 15) is 0 Å². The molecule has 1 aromatic rings. The van der Waals surface area contributed by atoms with Crippen molar-refractivity contribution < 1.29 is 0 Å². The summed E-state index contributed by atoms with van der Waals surface area (Å²) < 4.78 is 1.19. The van der Waals surface area contributed by atoms with E-state index in [2.05, 4.69) is 33.0 Å². The van der Waals surface area contributed by atoms with Crippen molar-refractivity contribution in [2.75, 3.05) is 19.0 Å². The predicted molar refractivity (Wildman–Crippen MR) is 46.3 cm³/mol. The van der Waals surface area contributed by atoms with Gasteiger partial charge in [-0.1, -0.05) is 0 Å². The first-order valence-corrected chi connectivity index (χ1v) is 4.24. The van der Waals surface area contributed by atoms with Crippen LogP contribution in [-0.2, 0) is 0 Å². The van der Waals surface area contributed by atoms with Crippen LogP contribution < -0.4 is 4.90 Å². The van der Waals surface area contributed by atoms with Gasteiger partial charge in [0.15, 0.2) is 0 Å². The number of hydrogen-bond donors (Lipinski definition) is 0. The van der Waals surface area contributed by atoms with E-state index < -0.39 is 0 Å². The van der Waals surface area contributed by atoms with Crippen LogP contribution >= 0.6 is 27.3 Å². The quantitative estimate of drug-likeness (QED) is 0.682. The molecule has 0 spiro atoms. The number of thiophene rings is 1. The highest BCUT2D eigenvalue weighted by Crippen LogP contribution is 2.27. The van der Waals surface area contributed by atoms with Crippen LogP contribution in [-0.4, -0.2) is 14.1 Å². The van der Waals surface area contributed by atoms with E-state index in [1.807, 2.05) is 14.1 Å². The number of rotatable bonds is 1. The van der Waals surface area contributed by atoms with Gasteiger partial charge in [-0.3, -0.25) is 0 Å². The van der Waals surface area contributed by atoms with Crippen LogP contribution in [0.2, 0.25) is 0 Å². The number of anilines is 1. The highest BCUT2D eigenvalue weighted by atomic mass is 79.9. The van der Waals surface area contributed by atoms with E-state index in [0.717, 1.165) is 0 Å². The summed E-state index contributed by atoms with van der Waals surface area (Å²) in [7, 11) is 4.08. The Labute approximate surface area is 67.4 Å². The molecule has 0 bridgehead atoms. The van der Waals surface area contributed by atoms with Gasteiger partial charge in [0.2, 0.25) is 0 Å². The Morgan fingerprint density at radius 2 is 2.11 bits per heavy atom.